The van der Waals surface area contributed by atoms with Crippen molar-refractivity contribution in [3.63, 3.8) is 0 Å². The van der Waals surface area contributed by atoms with Crippen LogP contribution in [0.15, 0.2) is 29.4 Å². The molecular formula is C11H17N3O2. The minimum absolute atomic E-state index is 0.104. The molecule has 0 bridgehead atoms. The fraction of sp³-hybridized carbons (Fsp3) is 0.364. The van der Waals surface area contributed by atoms with Gasteiger partial charge >= 0.3 is 0 Å². The predicted octanol–water partition coefficient (Wildman–Crippen LogP) is 0.351. The molecule has 0 aromatic rings. The van der Waals surface area contributed by atoms with Crippen molar-refractivity contribution in [2.24, 2.45) is 4.99 Å². The van der Waals surface area contributed by atoms with Crippen LogP contribution in [-0.4, -0.2) is 44.1 Å². The maximum atomic E-state index is 11.0. The van der Waals surface area contributed by atoms with Crippen molar-refractivity contribution >= 4 is 19.0 Å². The number of aliphatic imine (C=N–C) groups is 1. The summed E-state index contributed by atoms with van der Waals surface area (Å²) >= 11 is 0. The van der Waals surface area contributed by atoms with E-state index >= 15 is 0 Å². The van der Waals surface area contributed by atoms with Gasteiger partial charge in [0, 0.05) is 20.0 Å². The number of hydrogen-bond donors (Lipinski definition) is 1. The molecule has 0 aliphatic carbocycles. The second-order valence-electron chi connectivity index (χ2n) is 3.05. The Hall–Kier alpha value is -1.91. The molecule has 88 valence electrons. The summed E-state index contributed by atoms with van der Waals surface area (Å²) in [5.41, 5.74) is 0.638. The molecule has 5 heteroatoms. The Labute approximate surface area is 95.5 Å². The summed E-state index contributed by atoms with van der Waals surface area (Å²) in [7, 11) is 1.56. The third kappa shape index (κ3) is 5.74. The van der Waals surface area contributed by atoms with E-state index in [1.54, 1.807) is 19.2 Å². The minimum Gasteiger partial charge on any atom is -0.359 e. The van der Waals surface area contributed by atoms with Crippen LogP contribution in [0.2, 0.25) is 0 Å². The van der Waals surface area contributed by atoms with E-state index in [1.165, 1.54) is 4.90 Å². The van der Waals surface area contributed by atoms with Crippen LogP contribution in [0.1, 0.15) is 6.42 Å². The average molecular weight is 223 g/mol. The zero-order valence-electron chi connectivity index (χ0n) is 9.48. The molecule has 0 atom stereocenters. The number of amides is 2. The topological polar surface area (TPSA) is 61.8 Å². The first kappa shape index (κ1) is 14.1. The molecule has 0 rings (SSSR count). The molecule has 0 aliphatic rings. The van der Waals surface area contributed by atoms with Crippen molar-refractivity contribution in [2.75, 3.05) is 20.1 Å². The van der Waals surface area contributed by atoms with E-state index < -0.39 is 0 Å². The lowest BCUT2D eigenvalue weighted by atomic mass is 10.3. The van der Waals surface area contributed by atoms with E-state index in [4.69, 9.17) is 0 Å². The molecule has 1 N–H and O–H groups in total. The summed E-state index contributed by atoms with van der Waals surface area (Å²) < 4.78 is 0. The fourth-order valence-electron chi connectivity index (χ4n) is 1.04. The summed E-state index contributed by atoms with van der Waals surface area (Å²) in [5.74, 6) is -0.104. The van der Waals surface area contributed by atoms with E-state index in [0.29, 0.717) is 25.2 Å². The van der Waals surface area contributed by atoms with Crippen molar-refractivity contribution < 1.29 is 9.59 Å². The number of allylic oxidation sites excluding steroid dienone is 2. The van der Waals surface area contributed by atoms with Crippen LogP contribution in [0.25, 0.3) is 0 Å². The van der Waals surface area contributed by atoms with Crippen LogP contribution in [0.5, 0.6) is 0 Å². The summed E-state index contributed by atoms with van der Waals surface area (Å²) in [6.07, 6.45) is 4.20. The highest BCUT2D eigenvalue weighted by molar-refractivity contribution is 5.75. The van der Waals surface area contributed by atoms with Gasteiger partial charge in [0.2, 0.25) is 12.3 Å². The molecule has 2 amide bonds. The lowest BCUT2D eigenvalue weighted by Gasteiger charge is -2.16. The second-order valence-corrected chi connectivity index (χ2v) is 3.05. The van der Waals surface area contributed by atoms with Crippen molar-refractivity contribution in [1.82, 2.24) is 10.2 Å². The van der Waals surface area contributed by atoms with E-state index in [1.807, 2.05) is 0 Å². The Kier molecular flexibility index (Phi) is 7.40. The number of carbonyl (C=O) groups excluding carboxylic acids is 2. The third-order valence-corrected chi connectivity index (χ3v) is 1.93. The number of carbonyl (C=O) groups is 2. The van der Waals surface area contributed by atoms with Gasteiger partial charge in [-0.05, 0) is 12.8 Å². The average Bonchev–Trinajstić information content (AvgIpc) is 2.32. The highest BCUT2D eigenvalue weighted by Crippen LogP contribution is 2.00. The molecule has 5 nitrogen and oxygen atoms in total. The summed E-state index contributed by atoms with van der Waals surface area (Å²) in [5, 5.41) is 2.49. The number of hydrogen-bond acceptors (Lipinski definition) is 3. The van der Waals surface area contributed by atoms with Gasteiger partial charge in [-0.25, -0.2) is 0 Å². The van der Waals surface area contributed by atoms with Crippen molar-refractivity contribution in [1.29, 1.82) is 0 Å². The first-order valence-corrected chi connectivity index (χ1v) is 4.86. The Morgan fingerprint density at radius 2 is 2.25 bits per heavy atom. The quantitative estimate of drug-likeness (QED) is 0.367. The van der Waals surface area contributed by atoms with Gasteiger partial charge in [0.1, 0.15) is 0 Å². The molecule has 0 saturated carbocycles. The van der Waals surface area contributed by atoms with Crippen LogP contribution < -0.4 is 5.32 Å². The van der Waals surface area contributed by atoms with Crippen LogP contribution >= 0.6 is 0 Å². The van der Waals surface area contributed by atoms with Gasteiger partial charge in [0.25, 0.3) is 0 Å². The smallest absolute Gasteiger partial charge is 0.221 e. The number of rotatable bonds is 8. The molecule has 0 saturated heterocycles. The number of nitrogens with one attached hydrogen (secondary N) is 1. The molecular weight excluding hydrogens is 206 g/mol. The molecule has 16 heavy (non-hydrogen) atoms. The highest BCUT2D eigenvalue weighted by Gasteiger charge is 2.06. The van der Waals surface area contributed by atoms with E-state index in [9.17, 15) is 9.59 Å². The maximum Gasteiger partial charge on any atom is 0.221 e. The van der Waals surface area contributed by atoms with Crippen LogP contribution in [0, 0.1) is 0 Å². The highest BCUT2D eigenvalue weighted by atomic mass is 16.2. The van der Waals surface area contributed by atoms with Crippen molar-refractivity contribution in [3.8, 4) is 0 Å². The number of nitrogens with zero attached hydrogens (tertiary/aromatic N) is 2. The molecule has 0 aromatic heterocycles. The molecule has 0 fully saturated rings. The summed E-state index contributed by atoms with van der Waals surface area (Å²) in [4.78, 5) is 26.9. The molecule has 0 aliphatic heterocycles. The molecule has 0 aromatic carbocycles. The largest absolute Gasteiger partial charge is 0.359 e. The predicted molar refractivity (Wildman–Crippen MR) is 64.1 cm³/mol. The Morgan fingerprint density at radius 1 is 1.56 bits per heavy atom. The lowest BCUT2D eigenvalue weighted by Crippen LogP contribution is -2.29. The second kappa shape index (κ2) is 8.40. The van der Waals surface area contributed by atoms with Crippen LogP contribution in [-0.2, 0) is 9.59 Å². The fourth-order valence-corrected chi connectivity index (χ4v) is 1.04. The molecule has 0 spiro atoms. The summed E-state index contributed by atoms with van der Waals surface area (Å²) in [6.45, 7) is 7.61. The lowest BCUT2D eigenvalue weighted by molar-refractivity contribution is -0.122. The van der Waals surface area contributed by atoms with Crippen molar-refractivity contribution in [3.05, 3.63) is 24.4 Å². The van der Waals surface area contributed by atoms with Gasteiger partial charge in [-0.2, -0.15) is 0 Å². The van der Waals surface area contributed by atoms with Crippen molar-refractivity contribution in [2.45, 2.75) is 6.42 Å². The van der Waals surface area contributed by atoms with Gasteiger partial charge in [-0.3, -0.25) is 14.6 Å². The van der Waals surface area contributed by atoms with E-state index in [-0.39, 0.29) is 12.3 Å². The normalized spacial score (nSPS) is 10.4. The Balaban J connectivity index is 4.23. The molecule has 0 unspecified atom stereocenters. The SMILES string of the molecule is C=C/C=C(/CN(C=O)CCC(=O)NC)N=C. The van der Waals surface area contributed by atoms with Gasteiger partial charge in [0.15, 0.2) is 0 Å². The Morgan fingerprint density at radius 3 is 2.69 bits per heavy atom. The maximum absolute atomic E-state index is 11.0. The monoisotopic (exact) mass is 223 g/mol. The van der Waals surface area contributed by atoms with Gasteiger partial charge < -0.3 is 10.2 Å². The Bertz CT molecular complexity index is 298. The first-order valence-electron chi connectivity index (χ1n) is 4.86. The van der Waals surface area contributed by atoms with Crippen LogP contribution in [0.3, 0.4) is 0 Å². The standard InChI is InChI=1S/C11H17N3O2/c1-4-5-10(12-2)8-14(9-15)7-6-11(16)13-3/h4-5,9H,1-2,6-8H2,3H3,(H,13,16)/b10-5-. The minimum atomic E-state index is -0.104. The summed E-state index contributed by atoms with van der Waals surface area (Å²) in [6, 6.07) is 0. The van der Waals surface area contributed by atoms with Gasteiger partial charge in [-0.15, -0.1) is 0 Å². The van der Waals surface area contributed by atoms with Gasteiger partial charge in [-0.1, -0.05) is 12.7 Å². The first-order chi connectivity index (χ1) is 7.67. The zero-order valence-corrected chi connectivity index (χ0v) is 9.48. The van der Waals surface area contributed by atoms with E-state index in [2.05, 4.69) is 23.6 Å². The van der Waals surface area contributed by atoms with E-state index in [0.717, 1.165) is 0 Å². The van der Waals surface area contributed by atoms with Gasteiger partial charge in [0.05, 0.1) is 12.2 Å². The van der Waals surface area contributed by atoms with Crippen LogP contribution in [0.4, 0.5) is 0 Å². The third-order valence-electron chi connectivity index (χ3n) is 1.93. The zero-order chi connectivity index (χ0) is 12.4. The molecule has 0 heterocycles. The molecule has 0 radical (unpaired) electrons.